The van der Waals surface area contributed by atoms with Crippen LogP contribution in [0.1, 0.15) is 386 Å². The molecule has 0 aromatic carbocycles. The van der Waals surface area contributed by atoms with E-state index in [0.29, 0.717) is 19.4 Å². The average Bonchev–Trinajstić information content (AvgIpc) is 3.40. The molecule has 3 N–H and O–H groups in total. The smallest absolute Gasteiger partial charge is 0.305 e. The van der Waals surface area contributed by atoms with Gasteiger partial charge < -0.3 is 20.3 Å². The lowest BCUT2D eigenvalue weighted by molar-refractivity contribution is -0.143. The molecule has 0 saturated carbocycles. The number of unbranched alkanes of at least 4 members (excludes halogenated alkanes) is 53. The number of hydrogen-bond donors (Lipinski definition) is 3. The van der Waals surface area contributed by atoms with Gasteiger partial charge in [-0.15, -0.1) is 0 Å². The van der Waals surface area contributed by atoms with Crippen molar-refractivity contribution in [1.29, 1.82) is 0 Å². The van der Waals surface area contributed by atoms with Gasteiger partial charge in [-0.3, -0.25) is 9.59 Å². The summed E-state index contributed by atoms with van der Waals surface area (Å²) in [6, 6.07) is -0.627. The molecule has 0 heterocycles. The highest BCUT2D eigenvalue weighted by Gasteiger charge is 2.18. The predicted octanol–water partition coefficient (Wildman–Crippen LogP) is 21.6. The van der Waals surface area contributed by atoms with E-state index in [1.807, 2.05) is 6.08 Å². The molecule has 74 heavy (non-hydrogen) atoms. The van der Waals surface area contributed by atoms with E-state index in [9.17, 15) is 19.8 Å². The highest BCUT2D eigenvalue weighted by molar-refractivity contribution is 5.76. The highest BCUT2D eigenvalue weighted by Crippen LogP contribution is 2.19. The summed E-state index contributed by atoms with van der Waals surface area (Å²) in [5.74, 6) is -0.0442. The minimum Gasteiger partial charge on any atom is -0.466 e. The molecular formula is C68H133NO5. The molecule has 0 aromatic heterocycles. The first kappa shape index (κ1) is 72.6. The van der Waals surface area contributed by atoms with Gasteiger partial charge in [-0.25, -0.2) is 0 Å². The molecule has 0 saturated heterocycles. The Labute approximate surface area is 463 Å². The van der Waals surface area contributed by atoms with Gasteiger partial charge >= 0.3 is 5.97 Å². The van der Waals surface area contributed by atoms with Crippen LogP contribution in [0.2, 0.25) is 0 Å². The molecule has 0 spiro atoms. The average molecular weight is 1040 g/mol. The summed E-state index contributed by atoms with van der Waals surface area (Å²) in [4.78, 5) is 24.6. The summed E-state index contributed by atoms with van der Waals surface area (Å²) in [5, 5.41) is 23.2. The minimum absolute atomic E-state index is 0.0188. The zero-order valence-corrected chi connectivity index (χ0v) is 50.4. The lowest BCUT2D eigenvalue weighted by atomic mass is 10.0. The first-order chi connectivity index (χ1) is 36.5. The van der Waals surface area contributed by atoms with Crippen molar-refractivity contribution in [3.05, 3.63) is 12.2 Å². The van der Waals surface area contributed by atoms with Gasteiger partial charge in [0.1, 0.15) is 0 Å². The molecule has 0 aliphatic heterocycles. The lowest BCUT2D eigenvalue weighted by Crippen LogP contribution is -2.45. The Kier molecular flexibility index (Phi) is 62.9. The zero-order valence-electron chi connectivity index (χ0n) is 50.4. The maximum atomic E-state index is 12.5. The summed E-state index contributed by atoms with van der Waals surface area (Å²) >= 11 is 0. The van der Waals surface area contributed by atoms with Crippen LogP contribution < -0.4 is 5.32 Å². The third kappa shape index (κ3) is 59.8. The van der Waals surface area contributed by atoms with Gasteiger partial charge in [0.2, 0.25) is 5.91 Å². The van der Waals surface area contributed by atoms with E-state index in [1.54, 1.807) is 6.08 Å². The van der Waals surface area contributed by atoms with E-state index in [0.717, 1.165) is 38.5 Å². The fraction of sp³-hybridized carbons (Fsp3) is 0.941. The maximum Gasteiger partial charge on any atom is 0.305 e. The number of carbonyl (C=O) groups excluding carboxylic acids is 2. The summed E-state index contributed by atoms with van der Waals surface area (Å²) in [6.07, 6.45) is 78.5. The summed E-state index contributed by atoms with van der Waals surface area (Å²) in [5.41, 5.74) is 0. The molecule has 0 rings (SSSR count). The number of esters is 1. The molecule has 1 amide bonds. The van der Waals surface area contributed by atoms with Gasteiger partial charge in [0.15, 0.2) is 0 Å². The van der Waals surface area contributed by atoms with Crippen LogP contribution >= 0.6 is 0 Å². The van der Waals surface area contributed by atoms with Crippen LogP contribution in [-0.2, 0) is 14.3 Å². The highest BCUT2D eigenvalue weighted by atomic mass is 16.5. The van der Waals surface area contributed by atoms with Crippen molar-refractivity contribution < 1.29 is 24.5 Å². The Morgan fingerprint density at radius 3 is 0.919 bits per heavy atom. The number of allylic oxidation sites excluding steroid dienone is 1. The van der Waals surface area contributed by atoms with Crippen LogP contribution in [0.15, 0.2) is 12.2 Å². The number of aliphatic hydroxyl groups is 2. The molecule has 6 heteroatoms. The molecule has 2 atom stereocenters. The maximum absolute atomic E-state index is 12.5. The SMILES string of the molecule is CCCCCCCCCCCCCCCCCC/C=C/C(O)C(CO)NC(=O)CCCCCCCCCCCCCCCCCCCCCCCCCCOC(=O)CCCCCCCCCCCCCCCCC. The van der Waals surface area contributed by atoms with Gasteiger partial charge in [0.25, 0.3) is 0 Å². The third-order valence-electron chi connectivity index (χ3n) is 16.1. The van der Waals surface area contributed by atoms with Crippen molar-refractivity contribution in [2.24, 2.45) is 0 Å². The standard InChI is InChI=1S/C68H133NO5/c1-3-5-7-9-11-13-15-17-19-20-29-33-36-40-44-48-52-56-60-66(71)65(64-70)69-67(72)61-57-53-49-45-41-37-34-30-27-25-23-21-22-24-26-28-31-35-39-43-47-51-55-59-63-74-68(73)62-58-54-50-46-42-38-32-18-16-14-12-10-8-6-4-2/h56,60,65-66,70-71H,3-55,57-59,61-64H2,1-2H3,(H,69,72)/b60-56+. The Hall–Kier alpha value is -1.40. The topological polar surface area (TPSA) is 95.9 Å². The Morgan fingerprint density at radius 2 is 0.622 bits per heavy atom. The number of rotatable bonds is 64. The third-order valence-corrected chi connectivity index (χ3v) is 16.1. The van der Waals surface area contributed by atoms with Crippen LogP contribution in [0.3, 0.4) is 0 Å². The first-order valence-electron chi connectivity index (χ1n) is 34.0. The Bertz CT molecular complexity index is 1110. The predicted molar refractivity (Wildman–Crippen MR) is 324 cm³/mol. The van der Waals surface area contributed by atoms with Gasteiger partial charge in [-0.2, -0.15) is 0 Å². The lowest BCUT2D eigenvalue weighted by Gasteiger charge is -2.20. The fourth-order valence-corrected chi connectivity index (χ4v) is 10.9. The molecule has 6 nitrogen and oxygen atoms in total. The van der Waals surface area contributed by atoms with Gasteiger partial charge in [-0.1, -0.05) is 353 Å². The second-order valence-electron chi connectivity index (χ2n) is 23.5. The quantitative estimate of drug-likeness (QED) is 0.0320. The van der Waals surface area contributed by atoms with E-state index in [4.69, 9.17) is 4.74 Å². The zero-order chi connectivity index (χ0) is 53.6. The second kappa shape index (κ2) is 64.1. The number of aliphatic hydroxyl groups excluding tert-OH is 2. The van der Waals surface area contributed by atoms with E-state index in [2.05, 4.69) is 19.2 Å². The van der Waals surface area contributed by atoms with Crippen LogP contribution in [0.4, 0.5) is 0 Å². The van der Waals surface area contributed by atoms with Crippen LogP contribution in [-0.4, -0.2) is 47.4 Å². The van der Waals surface area contributed by atoms with Gasteiger partial charge in [0, 0.05) is 12.8 Å². The number of carbonyl (C=O) groups is 2. The minimum atomic E-state index is -0.843. The molecule has 0 aromatic rings. The van der Waals surface area contributed by atoms with Crippen LogP contribution in [0.25, 0.3) is 0 Å². The molecule has 440 valence electrons. The molecular weight excluding hydrogens is 911 g/mol. The molecule has 0 bridgehead atoms. The van der Waals surface area contributed by atoms with E-state index in [-0.39, 0.29) is 18.5 Å². The number of hydrogen-bond acceptors (Lipinski definition) is 5. The van der Waals surface area contributed by atoms with Crippen molar-refractivity contribution >= 4 is 11.9 Å². The second-order valence-corrected chi connectivity index (χ2v) is 23.5. The molecule has 0 aliphatic rings. The monoisotopic (exact) mass is 1040 g/mol. The van der Waals surface area contributed by atoms with Crippen molar-refractivity contribution in [3.63, 3.8) is 0 Å². The van der Waals surface area contributed by atoms with Crippen molar-refractivity contribution in [1.82, 2.24) is 5.32 Å². The van der Waals surface area contributed by atoms with Crippen LogP contribution in [0, 0.1) is 0 Å². The fourth-order valence-electron chi connectivity index (χ4n) is 10.9. The summed E-state index contributed by atoms with van der Waals surface area (Å²) in [6.45, 7) is 4.95. The van der Waals surface area contributed by atoms with Crippen molar-refractivity contribution in [2.45, 2.75) is 398 Å². The number of amides is 1. The van der Waals surface area contributed by atoms with Gasteiger partial charge in [0.05, 0.1) is 25.4 Å². The molecule has 0 radical (unpaired) electrons. The Morgan fingerprint density at radius 1 is 0.365 bits per heavy atom. The normalized spacial score (nSPS) is 12.5. The largest absolute Gasteiger partial charge is 0.466 e. The summed E-state index contributed by atoms with van der Waals surface area (Å²) in [7, 11) is 0. The Balaban J connectivity index is 3.37. The van der Waals surface area contributed by atoms with Crippen LogP contribution in [0.5, 0.6) is 0 Å². The molecule has 2 unspecified atom stereocenters. The first-order valence-corrected chi connectivity index (χ1v) is 34.0. The summed E-state index contributed by atoms with van der Waals surface area (Å²) < 4.78 is 5.50. The number of nitrogens with one attached hydrogen (secondary N) is 1. The van der Waals surface area contributed by atoms with E-state index in [1.165, 1.54) is 321 Å². The molecule has 0 aliphatic carbocycles. The van der Waals surface area contributed by atoms with Crippen molar-refractivity contribution in [2.75, 3.05) is 13.2 Å². The van der Waals surface area contributed by atoms with Crippen molar-refractivity contribution in [3.8, 4) is 0 Å². The van der Waals surface area contributed by atoms with E-state index < -0.39 is 12.1 Å². The number of ether oxygens (including phenoxy) is 1. The van der Waals surface area contributed by atoms with E-state index >= 15 is 0 Å². The molecule has 0 fully saturated rings. The van der Waals surface area contributed by atoms with Gasteiger partial charge in [-0.05, 0) is 32.1 Å².